The number of hydrogen-bond acceptors (Lipinski definition) is 5. The number of carbonyl (C=O) groups is 1. The predicted molar refractivity (Wildman–Crippen MR) is 125 cm³/mol. The summed E-state index contributed by atoms with van der Waals surface area (Å²) in [4.78, 5) is 14.8. The first-order chi connectivity index (χ1) is 15.7. The molecule has 0 radical (unpaired) electrons. The van der Waals surface area contributed by atoms with Crippen LogP contribution < -0.4 is 10.1 Å². The first kappa shape index (κ1) is 22.8. The second-order valence-corrected chi connectivity index (χ2v) is 8.75. The van der Waals surface area contributed by atoms with Crippen LogP contribution in [0, 0.1) is 0 Å². The lowest BCUT2D eigenvalue weighted by molar-refractivity contribution is -0.117. The number of nitrogens with one attached hydrogen (secondary N) is 1. The van der Waals surface area contributed by atoms with E-state index in [0.717, 1.165) is 55.8 Å². The topological polar surface area (TPSA) is 60.0 Å². The lowest BCUT2D eigenvalue weighted by atomic mass is 9.96. The summed E-state index contributed by atoms with van der Waals surface area (Å²) in [5.41, 5.74) is 1.63. The summed E-state index contributed by atoms with van der Waals surface area (Å²) in [5, 5.41) is 3.00. The average Bonchev–Trinajstić information content (AvgIpc) is 3.41. The highest BCUT2D eigenvalue weighted by Gasteiger charge is 2.50. The molecule has 2 fully saturated rings. The molecule has 2 heterocycles. The molecule has 172 valence electrons. The van der Waals surface area contributed by atoms with E-state index in [1.165, 1.54) is 0 Å². The number of anilines is 1. The zero-order valence-electron chi connectivity index (χ0n) is 18.9. The van der Waals surface area contributed by atoms with Gasteiger partial charge in [-0.2, -0.15) is 0 Å². The van der Waals surface area contributed by atoms with Crippen LogP contribution in [-0.2, 0) is 20.9 Å². The van der Waals surface area contributed by atoms with Gasteiger partial charge in [0.2, 0.25) is 5.91 Å². The van der Waals surface area contributed by atoms with Gasteiger partial charge < -0.3 is 19.5 Å². The monoisotopic (exact) mass is 438 g/mol. The second kappa shape index (κ2) is 10.9. The van der Waals surface area contributed by atoms with Crippen molar-refractivity contribution < 1.29 is 19.0 Å². The third kappa shape index (κ3) is 5.88. The normalized spacial score (nSPS) is 23.0. The SMILES string of the molecule is CCCCOc1ccc(NC(=O)CN2C[C@H](OCc3ccccc3)[C@]3(CCCO3)C2)cc1. The summed E-state index contributed by atoms with van der Waals surface area (Å²) in [6.07, 6.45) is 4.13. The lowest BCUT2D eigenvalue weighted by Gasteiger charge is -2.29. The van der Waals surface area contributed by atoms with Gasteiger partial charge in [-0.15, -0.1) is 0 Å². The second-order valence-electron chi connectivity index (χ2n) is 8.75. The van der Waals surface area contributed by atoms with E-state index in [1.807, 2.05) is 42.5 Å². The molecule has 6 nitrogen and oxygen atoms in total. The molecule has 0 aromatic heterocycles. The van der Waals surface area contributed by atoms with Crippen molar-refractivity contribution in [3.05, 3.63) is 60.2 Å². The van der Waals surface area contributed by atoms with Gasteiger partial charge in [-0.1, -0.05) is 43.7 Å². The van der Waals surface area contributed by atoms with E-state index >= 15 is 0 Å². The number of unbranched alkanes of at least 4 members (excludes halogenated alkanes) is 1. The van der Waals surface area contributed by atoms with Crippen LogP contribution in [0.15, 0.2) is 54.6 Å². The smallest absolute Gasteiger partial charge is 0.238 e. The standard InChI is InChI=1S/C26H34N2O4/c1-2-3-15-30-23-12-10-22(11-13-23)27-25(29)18-28-17-24(26(20-28)14-7-16-32-26)31-19-21-8-5-4-6-9-21/h4-6,8-13,24H,2-3,7,14-20H2,1H3,(H,27,29)/t24-,26-/m0/s1. The van der Waals surface area contributed by atoms with E-state index < -0.39 is 0 Å². The third-order valence-corrected chi connectivity index (χ3v) is 6.20. The number of amides is 1. The Morgan fingerprint density at radius 1 is 1.19 bits per heavy atom. The molecule has 0 bridgehead atoms. The Hall–Kier alpha value is -2.41. The number of hydrogen-bond donors (Lipinski definition) is 1. The van der Waals surface area contributed by atoms with Gasteiger partial charge >= 0.3 is 0 Å². The molecule has 4 rings (SSSR count). The van der Waals surface area contributed by atoms with Crippen molar-refractivity contribution in [1.29, 1.82) is 0 Å². The minimum Gasteiger partial charge on any atom is -0.494 e. The van der Waals surface area contributed by atoms with E-state index in [2.05, 4.69) is 29.3 Å². The van der Waals surface area contributed by atoms with Crippen molar-refractivity contribution in [3.63, 3.8) is 0 Å². The fourth-order valence-corrected chi connectivity index (χ4v) is 4.51. The summed E-state index contributed by atoms with van der Waals surface area (Å²) in [6, 6.07) is 17.8. The van der Waals surface area contributed by atoms with Crippen LogP contribution in [-0.4, -0.2) is 55.4 Å². The molecule has 2 saturated heterocycles. The molecule has 6 heteroatoms. The van der Waals surface area contributed by atoms with Crippen molar-refractivity contribution in [2.75, 3.05) is 38.2 Å². The molecule has 2 aromatic rings. The van der Waals surface area contributed by atoms with Crippen LogP contribution in [0.4, 0.5) is 5.69 Å². The average molecular weight is 439 g/mol. The van der Waals surface area contributed by atoms with E-state index in [9.17, 15) is 4.79 Å². The fraction of sp³-hybridized carbons (Fsp3) is 0.500. The van der Waals surface area contributed by atoms with Crippen LogP contribution in [0.3, 0.4) is 0 Å². The molecule has 1 N–H and O–H groups in total. The Morgan fingerprint density at radius 2 is 2.00 bits per heavy atom. The molecule has 32 heavy (non-hydrogen) atoms. The van der Waals surface area contributed by atoms with Gasteiger partial charge in [0.05, 0.1) is 19.8 Å². The highest BCUT2D eigenvalue weighted by Crippen LogP contribution is 2.37. The lowest BCUT2D eigenvalue weighted by Crippen LogP contribution is -2.42. The Labute approximate surface area is 190 Å². The quantitative estimate of drug-likeness (QED) is 0.562. The highest BCUT2D eigenvalue weighted by molar-refractivity contribution is 5.92. The summed E-state index contributed by atoms with van der Waals surface area (Å²) < 4.78 is 18.2. The maximum absolute atomic E-state index is 12.7. The number of ether oxygens (including phenoxy) is 3. The number of rotatable bonds is 10. The number of likely N-dealkylation sites (tertiary alicyclic amines) is 1. The Morgan fingerprint density at radius 3 is 2.72 bits per heavy atom. The fourth-order valence-electron chi connectivity index (χ4n) is 4.51. The molecular weight excluding hydrogens is 404 g/mol. The molecule has 2 aliphatic heterocycles. The third-order valence-electron chi connectivity index (χ3n) is 6.20. The Balaban J connectivity index is 1.29. The molecule has 2 atom stereocenters. The maximum atomic E-state index is 12.7. The van der Waals surface area contributed by atoms with Crippen LogP contribution in [0.5, 0.6) is 5.75 Å². The minimum atomic E-state index is -0.299. The highest BCUT2D eigenvalue weighted by atomic mass is 16.6. The molecule has 1 amide bonds. The Bertz CT molecular complexity index is 850. The van der Waals surface area contributed by atoms with E-state index in [0.29, 0.717) is 26.3 Å². The molecule has 0 saturated carbocycles. The zero-order valence-corrected chi connectivity index (χ0v) is 18.9. The summed E-state index contributed by atoms with van der Waals surface area (Å²) >= 11 is 0. The molecule has 1 spiro atoms. The van der Waals surface area contributed by atoms with Crippen molar-refractivity contribution >= 4 is 11.6 Å². The largest absolute Gasteiger partial charge is 0.494 e. The van der Waals surface area contributed by atoms with Crippen molar-refractivity contribution in [1.82, 2.24) is 4.90 Å². The van der Waals surface area contributed by atoms with Crippen molar-refractivity contribution in [2.45, 2.75) is 50.9 Å². The van der Waals surface area contributed by atoms with Crippen LogP contribution >= 0.6 is 0 Å². The van der Waals surface area contributed by atoms with Gasteiger partial charge in [-0.3, -0.25) is 9.69 Å². The molecule has 0 aliphatic carbocycles. The van der Waals surface area contributed by atoms with Gasteiger partial charge in [-0.25, -0.2) is 0 Å². The van der Waals surface area contributed by atoms with Crippen LogP contribution in [0.2, 0.25) is 0 Å². The van der Waals surface area contributed by atoms with Crippen molar-refractivity contribution in [2.24, 2.45) is 0 Å². The van der Waals surface area contributed by atoms with Gasteiger partial charge in [0.25, 0.3) is 0 Å². The maximum Gasteiger partial charge on any atom is 0.238 e. The summed E-state index contributed by atoms with van der Waals surface area (Å²) in [5.74, 6) is 0.802. The van der Waals surface area contributed by atoms with Crippen molar-refractivity contribution in [3.8, 4) is 5.75 Å². The van der Waals surface area contributed by atoms with Gasteiger partial charge in [-0.05, 0) is 49.1 Å². The summed E-state index contributed by atoms with van der Waals surface area (Å²) in [7, 11) is 0. The molecule has 2 aliphatic rings. The molecule has 2 aromatic carbocycles. The number of benzene rings is 2. The van der Waals surface area contributed by atoms with Gasteiger partial charge in [0, 0.05) is 25.4 Å². The first-order valence-electron chi connectivity index (χ1n) is 11.7. The predicted octanol–water partition coefficient (Wildman–Crippen LogP) is 4.25. The minimum absolute atomic E-state index is 0.0264. The Kier molecular flexibility index (Phi) is 7.79. The van der Waals surface area contributed by atoms with Gasteiger partial charge in [0.15, 0.2) is 0 Å². The molecule has 0 unspecified atom stereocenters. The number of nitrogens with zero attached hydrogens (tertiary/aromatic N) is 1. The first-order valence-corrected chi connectivity index (χ1v) is 11.7. The molecular formula is C26H34N2O4. The zero-order chi connectivity index (χ0) is 22.2. The van der Waals surface area contributed by atoms with E-state index in [-0.39, 0.29) is 17.6 Å². The van der Waals surface area contributed by atoms with Crippen LogP contribution in [0.1, 0.15) is 38.2 Å². The van der Waals surface area contributed by atoms with E-state index in [1.54, 1.807) is 0 Å². The van der Waals surface area contributed by atoms with Gasteiger partial charge in [0.1, 0.15) is 17.5 Å². The number of carbonyl (C=O) groups excluding carboxylic acids is 1. The van der Waals surface area contributed by atoms with E-state index in [4.69, 9.17) is 14.2 Å². The summed E-state index contributed by atoms with van der Waals surface area (Å²) in [6.45, 7) is 5.93. The van der Waals surface area contributed by atoms with Crippen LogP contribution in [0.25, 0.3) is 0 Å².